The lowest BCUT2D eigenvalue weighted by Crippen LogP contribution is -2.30. The summed E-state index contributed by atoms with van der Waals surface area (Å²) in [5.74, 6) is 0.822. The van der Waals surface area contributed by atoms with Gasteiger partial charge >= 0.3 is 6.09 Å². The van der Waals surface area contributed by atoms with E-state index in [9.17, 15) is 4.79 Å². The number of aromatic amines is 1. The molecule has 0 saturated carbocycles. The maximum atomic E-state index is 11.9. The van der Waals surface area contributed by atoms with Crippen molar-refractivity contribution in [2.24, 2.45) is 0 Å². The number of imidazole rings is 1. The van der Waals surface area contributed by atoms with Gasteiger partial charge in [0.15, 0.2) is 0 Å². The molecule has 1 aromatic heterocycles. The fourth-order valence-electron chi connectivity index (χ4n) is 2.67. The number of fused-ring (bicyclic) bond motifs is 1. The average Bonchev–Trinajstić information content (AvgIpc) is 3.09. The summed E-state index contributed by atoms with van der Waals surface area (Å²) < 4.78 is 10.6. The second-order valence-corrected chi connectivity index (χ2v) is 5.16. The summed E-state index contributed by atoms with van der Waals surface area (Å²) in [7, 11) is 1.38. The van der Waals surface area contributed by atoms with Gasteiger partial charge < -0.3 is 14.5 Å². The van der Waals surface area contributed by atoms with Crippen LogP contribution in [-0.4, -0.2) is 36.3 Å². The molecule has 0 radical (unpaired) electrons. The van der Waals surface area contributed by atoms with Crippen molar-refractivity contribution in [2.45, 2.75) is 13.3 Å². The number of H-pyrrole nitrogens is 1. The third-order valence-electron chi connectivity index (χ3n) is 3.80. The molecule has 1 amide bonds. The predicted octanol–water partition coefficient (Wildman–Crippen LogP) is 3.33. The minimum atomic E-state index is -0.373. The lowest BCUT2D eigenvalue weighted by Gasteiger charge is -2.24. The molecule has 1 aliphatic heterocycles. The maximum Gasteiger partial charge on any atom is 0.413 e. The second kappa shape index (κ2) is 6.56. The number of carbonyl (C=O) groups is 1. The zero-order valence-corrected chi connectivity index (χ0v) is 13.2. The first kappa shape index (κ1) is 15.1. The van der Waals surface area contributed by atoms with Crippen LogP contribution in [0.3, 0.4) is 0 Å². The third kappa shape index (κ3) is 3.06. The molecule has 1 N–H and O–H groups in total. The Labute approximate surface area is 134 Å². The third-order valence-corrected chi connectivity index (χ3v) is 3.80. The van der Waals surface area contributed by atoms with Crippen molar-refractivity contribution >= 4 is 23.4 Å². The lowest BCUT2D eigenvalue weighted by atomic mass is 9.98. The molecular formula is C17H19N3O3. The van der Waals surface area contributed by atoms with Gasteiger partial charge in [-0.2, -0.15) is 0 Å². The van der Waals surface area contributed by atoms with Gasteiger partial charge in [0.2, 0.25) is 0 Å². The van der Waals surface area contributed by atoms with Gasteiger partial charge in [-0.15, -0.1) is 0 Å². The van der Waals surface area contributed by atoms with Crippen LogP contribution in [-0.2, 0) is 4.74 Å². The average molecular weight is 313 g/mol. The molecule has 1 aromatic carbocycles. The molecule has 0 saturated heterocycles. The van der Waals surface area contributed by atoms with Crippen LogP contribution in [0.4, 0.5) is 10.5 Å². The van der Waals surface area contributed by atoms with Crippen LogP contribution in [0.1, 0.15) is 24.6 Å². The largest absolute Gasteiger partial charge is 0.493 e. The second-order valence-electron chi connectivity index (χ2n) is 5.16. The number of nitrogens with zero attached hydrogens (tertiary/aromatic N) is 2. The fraction of sp³-hybridized carbons (Fsp3) is 0.294. The molecule has 2 aromatic rings. The Morgan fingerprint density at radius 3 is 3.09 bits per heavy atom. The number of methoxy groups -OCH3 is 1. The van der Waals surface area contributed by atoms with Gasteiger partial charge in [-0.3, -0.25) is 4.90 Å². The van der Waals surface area contributed by atoms with Crippen LogP contribution in [0.15, 0.2) is 30.7 Å². The number of rotatable bonds is 3. The Bertz CT molecular complexity index is 723. The van der Waals surface area contributed by atoms with E-state index in [-0.39, 0.29) is 6.09 Å². The molecule has 0 bridgehead atoms. The summed E-state index contributed by atoms with van der Waals surface area (Å²) >= 11 is 0. The van der Waals surface area contributed by atoms with Crippen LogP contribution < -0.4 is 9.64 Å². The van der Waals surface area contributed by atoms with Gasteiger partial charge in [0.05, 0.1) is 25.7 Å². The molecule has 0 unspecified atom stereocenters. The van der Waals surface area contributed by atoms with E-state index in [0.717, 1.165) is 34.7 Å². The van der Waals surface area contributed by atoms with Crippen LogP contribution >= 0.6 is 0 Å². The molecular weight excluding hydrogens is 294 g/mol. The van der Waals surface area contributed by atoms with E-state index in [1.165, 1.54) is 7.11 Å². The lowest BCUT2D eigenvalue weighted by molar-refractivity contribution is 0.179. The van der Waals surface area contributed by atoms with Crippen LogP contribution in [0.5, 0.6) is 5.75 Å². The van der Waals surface area contributed by atoms with E-state index in [0.29, 0.717) is 13.2 Å². The van der Waals surface area contributed by atoms with E-state index in [1.807, 2.05) is 37.4 Å². The molecule has 23 heavy (non-hydrogen) atoms. The highest BCUT2D eigenvalue weighted by atomic mass is 16.5. The first-order chi connectivity index (χ1) is 11.2. The summed E-state index contributed by atoms with van der Waals surface area (Å²) in [4.78, 5) is 20.7. The van der Waals surface area contributed by atoms with Crippen molar-refractivity contribution in [1.82, 2.24) is 9.97 Å². The minimum absolute atomic E-state index is 0.373. The van der Waals surface area contributed by atoms with Gasteiger partial charge in [0.1, 0.15) is 5.75 Å². The Kier molecular flexibility index (Phi) is 4.32. The van der Waals surface area contributed by atoms with Crippen molar-refractivity contribution in [1.29, 1.82) is 0 Å². The molecule has 0 aliphatic carbocycles. The number of nitrogens with one attached hydrogen (secondary N) is 1. The molecule has 2 heterocycles. The standard InChI is InChI=1S/C17H19N3O3/c1-3-20(17(21)22-2)14-4-5-16-15(9-14)12(6-7-23-16)8-13-10-18-11-19-13/h4-5,8-11H,3,6-7H2,1-2H3,(H,18,19)/b12-8+. The smallest absolute Gasteiger partial charge is 0.413 e. The summed E-state index contributed by atoms with van der Waals surface area (Å²) in [5.41, 5.74) is 3.79. The molecule has 6 heteroatoms. The Balaban J connectivity index is 2.01. The molecule has 3 rings (SSSR count). The van der Waals surface area contributed by atoms with E-state index in [1.54, 1.807) is 11.2 Å². The monoisotopic (exact) mass is 313 g/mol. The number of anilines is 1. The van der Waals surface area contributed by atoms with Gasteiger partial charge in [-0.25, -0.2) is 9.78 Å². The zero-order chi connectivity index (χ0) is 16.2. The topological polar surface area (TPSA) is 67.5 Å². The first-order valence-corrected chi connectivity index (χ1v) is 7.55. The molecule has 0 fully saturated rings. The number of carbonyl (C=O) groups excluding carboxylic acids is 1. The number of aromatic nitrogens is 2. The number of ether oxygens (including phenoxy) is 2. The highest BCUT2D eigenvalue weighted by molar-refractivity contribution is 5.90. The summed E-state index contributed by atoms with van der Waals surface area (Å²) in [6, 6.07) is 5.73. The predicted molar refractivity (Wildman–Crippen MR) is 88.4 cm³/mol. The molecule has 120 valence electrons. The Morgan fingerprint density at radius 1 is 1.52 bits per heavy atom. The summed E-state index contributed by atoms with van der Waals surface area (Å²) in [6.45, 7) is 3.08. The van der Waals surface area contributed by atoms with Crippen molar-refractivity contribution in [3.8, 4) is 5.75 Å². The summed E-state index contributed by atoms with van der Waals surface area (Å²) in [6.07, 6.45) is 5.96. The molecule has 0 spiro atoms. The number of benzene rings is 1. The van der Waals surface area contributed by atoms with Gasteiger partial charge in [-0.1, -0.05) is 0 Å². The van der Waals surface area contributed by atoms with E-state index in [4.69, 9.17) is 9.47 Å². The maximum absolute atomic E-state index is 11.9. The van der Waals surface area contributed by atoms with Gasteiger partial charge in [-0.05, 0) is 36.8 Å². The SMILES string of the molecule is CCN(C(=O)OC)c1ccc2c(c1)/C(=C/c1c[nH]cn1)CCO2. The first-order valence-electron chi connectivity index (χ1n) is 7.55. The van der Waals surface area contributed by atoms with E-state index >= 15 is 0 Å². The molecule has 6 nitrogen and oxygen atoms in total. The number of amides is 1. The number of hydrogen-bond donors (Lipinski definition) is 1. The normalized spacial score (nSPS) is 15.0. The van der Waals surface area contributed by atoms with Gasteiger partial charge in [0.25, 0.3) is 0 Å². The van der Waals surface area contributed by atoms with Crippen LogP contribution in [0.2, 0.25) is 0 Å². The molecule has 1 aliphatic rings. The Morgan fingerprint density at radius 2 is 2.39 bits per heavy atom. The van der Waals surface area contributed by atoms with Crippen LogP contribution in [0.25, 0.3) is 11.6 Å². The Hall–Kier alpha value is -2.76. The van der Waals surface area contributed by atoms with Crippen LogP contribution in [0, 0.1) is 0 Å². The fourth-order valence-corrected chi connectivity index (χ4v) is 2.67. The molecule has 0 atom stereocenters. The van der Waals surface area contributed by atoms with Crippen molar-refractivity contribution < 1.29 is 14.3 Å². The van der Waals surface area contributed by atoms with Crippen molar-refractivity contribution in [2.75, 3.05) is 25.2 Å². The highest BCUT2D eigenvalue weighted by Gasteiger charge is 2.20. The minimum Gasteiger partial charge on any atom is -0.493 e. The highest BCUT2D eigenvalue weighted by Crippen LogP contribution is 2.36. The summed E-state index contributed by atoms with van der Waals surface area (Å²) in [5, 5.41) is 0. The number of hydrogen-bond acceptors (Lipinski definition) is 4. The van der Waals surface area contributed by atoms with E-state index in [2.05, 4.69) is 9.97 Å². The van der Waals surface area contributed by atoms with Gasteiger partial charge in [0, 0.05) is 30.4 Å². The van der Waals surface area contributed by atoms with Crippen molar-refractivity contribution in [3.63, 3.8) is 0 Å². The quantitative estimate of drug-likeness (QED) is 0.944. The van der Waals surface area contributed by atoms with E-state index < -0.39 is 0 Å². The zero-order valence-electron chi connectivity index (χ0n) is 13.2. The van der Waals surface area contributed by atoms with Crippen molar-refractivity contribution in [3.05, 3.63) is 42.0 Å².